The SMILES string of the molecule is CCOC(=O)C(C)(CN1CCCN(C)CC1C)NC1CC1. The maximum Gasteiger partial charge on any atom is 0.327 e. The lowest BCUT2D eigenvalue weighted by atomic mass is 10.00. The van der Waals surface area contributed by atoms with Crippen LogP contribution >= 0.6 is 0 Å². The highest BCUT2D eigenvalue weighted by Crippen LogP contribution is 2.24. The summed E-state index contributed by atoms with van der Waals surface area (Å²) in [6.45, 7) is 10.5. The summed E-state index contributed by atoms with van der Waals surface area (Å²) in [7, 11) is 2.17. The van der Waals surface area contributed by atoms with Crippen molar-refractivity contribution >= 4 is 5.97 Å². The van der Waals surface area contributed by atoms with Crippen molar-refractivity contribution in [3.8, 4) is 0 Å². The second-order valence-electron chi connectivity index (χ2n) is 6.91. The number of carbonyl (C=O) groups is 1. The van der Waals surface area contributed by atoms with Crippen LogP contribution in [0.15, 0.2) is 0 Å². The molecule has 1 N–H and O–H groups in total. The van der Waals surface area contributed by atoms with Gasteiger partial charge in [0.2, 0.25) is 0 Å². The summed E-state index contributed by atoms with van der Waals surface area (Å²) in [5, 5.41) is 3.52. The molecule has 2 atom stereocenters. The standard InChI is InChI=1S/C16H31N3O2/c1-5-21-15(20)16(3,17-14-7-8-14)12-19-10-6-9-18(4)11-13(19)2/h13-14,17H,5-12H2,1-4H3. The summed E-state index contributed by atoms with van der Waals surface area (Å²) in [6.07, 6.45) is 3.50. The van der Waals surface area contributed by atoms with Crippen LogP contribution in [0.5, 0.6) is 0 Å². The van der Waals surface area contributed by atoms with Crippen molar-refractivity contribution in [2.24, 2.45) is 0 Å². The molecule has 5 nitrogen and oxygen atoms in total. The smallest absolute Gasteiger partial charge is 0.327 e. The van der Waals surface area contributed by atoms with E-state index in [0.717, 1.165) is 32.6 Å². The molecule has 0 bridgehead atoms. The number of rotatable bonds is 6. The molecule has 0 radical (unpaired) electrons. The fourth-order valence-electron chi connectivity index (χ4n) is 3.20. The Morgan fingerprint density at radius 2 is 2.10 bits per heavy atom. The van der Waals surface area contributed by atoms with Crippen LogP contribution in [-0.2, 0) is 9.53 Å². The Labute approximate surface area is 129 Å². The Kier molecular flexibility index (Phi) is 5.63. The van der Waals surface area contributed by atoms with Crippen LogP contribution < -0.4 is 5.32 Å². The average Bonchev–Trinajstić information content (AvgIpc) is 3.21. The van der Waals surface area contributed by atoms with Crippen molar-refractivity contribution in [1.82, 2.24) is 15.1 Å². The van der Waals surface area contributed by atoms with Gasteiger partial charge in [0.05, 0.1) is 6.61 Å². The molecule has 0 aromatic heterocycles. The number of nitrogens with zero attached hydrogens (tertiary/aromatic N) is 2. The van der Waals surface area contributed by atoms with E-state index < -0.39 is 5.54 Å². The maximum absolute atomic E-state index is 12.4. The Morgan fingerprint density at radius 3 is 2.71 bits per heavy atom. The second kappa shape index (κ2) is 7.07. The minimum absolute atomic E-state index is 0.110. The molecule has 1 heterocycles. The molecule has 122 valence electrons. The van der Waals surface area contributed by atoms with Gasteiger partial charge in [-0.2, -0.15) is 0 Å². The third kappa shape index (κ3) is 4.66. The number of hydrogen-bond acceptors (Lipinski definition) is 5. The molecule has 1 aliphatic heterocycles. The summed E-state index contributed by atoms with van der Waals surface area (Å²) in [6, 6.07) is 0.955. The maximum atomic E-state index is 12.4. The van der Waals surface area contributed by atoms with E-state index in [1.54, 1.807) is 0 Å². The number of esters is 1. The van der Waals surface area contributed by atoms with Gasteiger partial charge in [-0.25, -0.2) is 0 Å². The zero-order chi connectivity index (χ0) is 15.5. The zero-order valence-corrected chi connectivity index (χ0v) is 14.0. The molecule has 0 aromatic rings. The zero-order valence-electron chi connectivity index (χ0n) is 14.0. The fourth-order valence-corrected chi connectivity index (χ4v) is 3.20. The molecule has 0 spiro atoms. The van der Waals surface area contributed by atoms with E-state index in [1.165, 1.54) is 12.8 Å². The molecule has 2 fully saturated rings. The van der Waals surface area contributed by atoms with E-state index in [1.807, 2.05) is 13.8 Å². The molecule has 2 rings (SSSR count). The van der Waals surface area contributed by atoms with E-state index in [0.29, 0.717) is 18.7 Å². The van der Waals surface area contributed by atoms with E-state index in [9.17, 15) is 4.79 Å². The lowest BCUT2D eigenvalue weighted by Gasteiger charge is -2.37. The monoisotopic (exact) mass is 297 g/mol. The molecule has 5 heteroatoms. The molecule has 0 amide bonds. The van der Waals surface area contributed by atoms with Crippen LogP contribution in [0.25, 0.3) is 0 Å². The highest BCUT2D eigenvalue weighted by atomic mass is 16.5. The molecule has 0 aromatic carbocycles. The van der Waals surface area contributed by atoms with Crippen LogP contribution in [0, 0.1) is 0 Å². The number of nitrogens with one attached hydrogen (secondary N) is 1. The molecule has 2 aliphatic rings. The summed E-state index contributed by atoms with van der Waals surface area (Å²) in [5.41, 5.74) is -0.589. The Balaban J connectivity index is 2.03. The Bertz CT molecular complexity index is 359. The number of carbonyl (C=O) groups excluding carboxylic acids is 1. The highest BCUT2D eigenvalue weighted by molar-refractivity contribution is 5.80. The molecule has 21 heavy (non-hydrogen) atoms. The summed E-state index contributed by atoms with van der Waals surface area (Å²) in [4.78, 5) is 17.3. The molecular formula is C16H31N3O2. The minimum Gasteiger partial charge on any atom is -0.465 e. The molecule has 1 saturated carbocycles. The van der Waals surface area contributed by atoms with Crippen LogP contribution in [-0.4, -0.2) is 73.2 Å². The quantitative estimate of drug-likeness (QED) is 0.744. The average molecular weight is 297 g/mol. The molecular weight excluding hydrogens is 266 g/mol. The predicted molar refractivity (Wildman–Crippen MR) is 84.3 cm³/mol. The van der Waals surface area contributed by atoms with Gasteiger partial charge in [-0.3, -0.25) is 15.0 Å². The van der Waals surface area contributed by atoms with Crippen molar-refractivity contribution in [3.63, 3.8) is 0 Å². The van der Waals surface area contributed by atoms with Gasteiger partial charge in [-0.15, -0.1) is 0 Å². The lowest BCUT2D eigenvalue weighted by Crippen LogP contribution is -2.60. The fraction of sp³-hybridized carbons (Fsp3) is 0.938. The van der Waals surface area contributed by atoms with Crippen LogP contribution in [0.1, 0.15) is 40.0 Å². The third-order valence-electron chi connectivity index (χ3n) is 4.53. The minimum atomic E-state index is -0.589. The van der Waals surface area contributed by atoms with Gasteiger partial charge in [0.1, 0.15) is 5.54 Å². The van der Waals surface area contributed by atoms with Crippen molar-refractivity contribution in [1.29, 1.82) is 0 Å². The van der Waals surface area contributed by atoms with E-state index >= 15 is 0 Å². The first-order chi connectivity index (χ1) is 9.94. The van der Waals surface area contributed by atoms with Crippen molar-refractivity contribution in [2.45, 2.75) is 57.7 Å². The summed E-state index contributed by atoms with van der Waals surface area (Å²) >= 11 is 0. The topological polar surface area (TPSA) is 44.8 Å². The first-order valence-electron chi connectivity index (χ1n) is 8.32. The molecule has 1 aliphatic carbocycles. The van der Waals surface area contributed by atoms with Gasteiger partial charge in [0.25, 0.3) is 0 Å². The van der Waals surface area contributed by atoms with Gasteiger partial charge in [0.15, 0.2) is 0 Å². The van der Waals surface area contributed by atoms with Gasteiger partial charge in [-0.05, 0) is 60.2 Å². The summed E-state index contributed by atoms with van der Waals surface area (Å²) < 4.78 is 5.33. The summed E-state index contributed by atoms with van der Waals surface area (Å²) in [5.74, 6) is -0.110. The first-order valence-corrected chi connectivity index (χ1v) is 8.32. The van der Waals surface area contributed by atoms with Crippen LogP contribution in [0.2, 0.25) is 0 Å². The van der Waals surface area contributed by atoms with E-state index in [4.69, 9.17) is 4.74 Å². The highest BCUT2D eigenvalue weighted by Gasteiger charge is 2.41. The molecule has 1 saturated heterocycles. The second-order valence-corrected chi connectivity index (χ2v) is 6.91. The van der Waals surface area contributed by atoms with Gasteiger partial charge in [0, 0.05) is 25.2 Å². The third-order valence-corrected chi connectivity index (χ3v) is 4.53. The van der Waals surface area contributed by atoms with Crippen molar-refractivity contribution in [3.05, 3.63) is 0 Å². The van der Waals surface area contributed by atoms with Crippen molar-refractivity contribution < 1.29 is 9.53 Å². The normalized spacial score (nSPS) is 27.9. The van der Waals surface area contributed by atoms with E-state index in [2.05, 4.69) is 29.1 Å². The number of hydrogen-bond donors (Lipinski definition) is 1. The lowest BCUT2D eigenvalue weighted by molar-refractivity contribution is -0.151. The Morgan fingerprint density at radius 1 is 1.38 bits per heavy atom. The van der Waals surface area contributed by atoms with E-state index in [-0.39, 0.29) is 5.97 Å². The number of ether oxygens (including phenoxy) is 1. The van der Waals surface area contributed by atoms with Crippen LogP contribution in [0.3, 0.4) is 0 Å². The van der Waals surface area contributed by atoms with Crippen molar-refractivity contribution in [2.75, 3.05) is 39.8 Å². The largest absolute Gasteiger partial charge is 0.465 e. The molecule has 2 unspecified atom stereocenters. The van der Waals surface area contributed by atoms with Gasteiger partial charge in [-0.1, -0.05) is 0 Å². The first kappa shape index (κ1) is 16.7. The van der Waals surface area contributed by atoms with Gasteiger partial charge < -0.3 is 9.64 Å². The van der Waals surface area contributed by atoms with Gasteiger partial charge >= 0.3 is 5.97 Å². The Hall–Kier alpha value is -0.650. The van der Waals surface area contributed by atoms with Crippen LogP contribution in [0.4, 0.5) is 0 Å². The number of likely N-dealkylation sites (N-methyl/N-ethyl adjacent to an activating group) is 1. The predicted octanol–water partition coefficient (Wildman–Crippen LogP) is 1.09.